The van der Waals surface area contributed by atoms with Crippen molar-refractivity contribution < 1.29 is 9.47 Å². The molecule has 0 amide bonds. The molecule has 0 heterocycles. The Labute approximate surface area is 145 Å². The van der Waals surface area contributed by atoms with E-state index >= 15 is 0 Å². The lowest BCUT2D eigenvalue weighted by Crippen LogP contribution is -2.15. The maximum absolute atomic E-state index is 5.99. The highest BCUT2D eigenvalue weighted by Crippen LogP contribution is 2.23. The van der Waals surface area contributed by atoms with Crippen LogP contribution in [0.2, 0.25) is 0 Å². The standard InChI is InChI=1S/C21H29NO2/c1-3-4-5-14-24-21-10-6-17(7-11-21)15-19(16-22)18-8-12-20(23-2)13-9-18/h6-13,19H,3-5,14-16,22H2,1-2H3. The molecule has 0 spiro atoms. The van der Waals surface area contributed by atoms with Gasteiger partial charge in [0.05, 0.1) is 13.7 Å². The summed E-state index contributed by atoms with van der Waals surface area (Å²) in [6.45, 7) is 3.62. The first-order chi connectivity index (χ1) is 11.8. The topological polar surface area (TPSA) is 44.5 Å². The summed E-state index contributed by atoms with van der Waals surface area (Å²) in [6, 6.07) is 16.6. The van der Waals surface area contributed by atoms with Gasteiger partial charge in [0.1, 0.15) is 11.5 Å². The third-order valence-corrected chi connectivity index (χ3v) is 4.29. The zero-order valence-electron chi connectivity index (χ0n) is 14.8. The quantitative estimate of drug-likeness (QED) is 0.651. The van der Waals surface area contributed by atoms with E-state index < -0.39 is 0 Å². The Hall–Kier alpha value is -2.00. The largest absolute Gasteiger partial charge is 0.497 e. The summed E-state index contributed by atoms with van der Waals surface area (Å²) >= 11 is 0. The van der Waals surface area contributed by atoms with Crippen LogP contribution in [0.1, 0.15) is 43.2 Å². The van der Waals surface area contributed by atoms with Crippen LogP contribution in [0.4, 0.5) is 0 Å². The van der Waals surface area contributed by atoms with Crippen LogP contribution in [0.5, 0.6) is 11.5 Å². The summed E-state index contributed by atoms with van der Waals surface area (Å²) in [5.74, 6) is 2.13. The summed E-state index contributed by atoms with van der Waals surface area (Å²) in [6.07, 6.45) is 4.48. The van der Waals surface area contributed by atoms with Crippen molar-refractivity contribution in [3.63, 3.8) is 0 Å². The van der Waals surface area contributed by atoms with Gasteiger partial charge in [-0.25, -0.2) is 0 Å². The van der Waals surface area contributed by atoms with Crippen LogP contribution in [0.25, 0.3) is 0 Å². The number of hydrogen-bond donors (Lipinski definition) is 1. The monoisotopic (exact) mass is 327 g/mol. The van der Waals surface area contributed by atoms with Crippen molar-refractivity contribution in [2.24, 2.45) is 5.73 Å². The Morgan fingerprint density at radius 1 is 0.917 bits per heavy atom. The van der Waals surface area contributed by atoms with Crippen LogP contribution < -0.4 is 15.2 Å². The Balaban J connectivity index is 1.92. The molecule has 1 unspecified atom stereocenters. The van der Waals surface area contributed by atoms with Crippen molar-refractivity contribution in [3.8, 4) is 11.5 Å². The molecule has 130 valence electrons. The molecule has 0 saturated carbocycles. The van der Waals surface area contributed by atoms with Crippen molar-refractivity contribution in [2.75, 3.05) is 20.3 Å². The number of rotatable bonds is 10. The summed E-state index contributed by atoms with van der Waals surface area (Å²) < 4.78 is 11.0. The van der Waals surface area contributed by atoms with Gasteiger partial charge in [-0.3, -0.25) is 0 Å². The highest BCUT2D eigenvalue weighted by molar-refractivity contribution is 5.32. The Morgan fingerprint density at radius 3 is 2.17 bits per heavy atom. The number of nitrogens with two attached hydrogens (primary N) is 1. The van der Waals surface area contributed by atoms with E-state index in [-0.39, 0.29) is 0 Å². The first-order valence-corrected chi connectivity index (χ1v) is 8.82. The van der Waals surface area contributed by atoms with Crippen molar-refractivity contribution in [1.29, 1.82) is 0 Å². The van der Waals surface area contributed by atoms with Crippen molar-refractivity contribution >= 4 is 0 Å². The van der Waals surface area contributed by atoms with E-state index in [0.29, 0.717) is 12.5 Å². The Morgan fingerprint density at radius 2 is 1.58 bits per heavy atom. The summed E-state index contributed by atoms with van der Waals surface area (Å²) in [5, 5.41) is 0. The molecule has 0 fully saturated rings. The highest BCUT2D eigenvalue weighted by Gasteiger charge is 2.11. The second-order valence-corrected chi connectivity index (χ2v) is 6.11. The molecule has 3 heteroatoms. The van der Waals surface area contributed by atoms with Crippen LogP contribution in [0.15, 0.2) is 48.5 Å². The molecule has 0 aromatic heterocycles. The molecule has 0 aliphatic rings. The molecule has 2 N–H and O–H groups in total. The second kappa shape index (κ2) is 9.99. The smallest absolute Gasteiger partial charge is 0.119 e. The zero-order valence-corrected chi connectivity index (χ0v) is 14.8. The molecule has 2 aromatic carbocycles. The molecular formula is C21H29NO2. The average molecular weight is 327 g/mol. The fraction of sp³-hybridized carbons (Fsp3) is 0.429. The van der Waals surface area contributed by atoms with Gasteiger partial charge < -0.3 is 15.2 Å². The Bertz CT molecular complexity index is 578. The van der Waals surface area contributed by atoms with E-state index in [4.69, 9.17) is 15.2 Å². The molecule has 0 aliphatic heterocycles. The maximum atomic E-state index is 5.99. The van der Waals surface area contributed by atoms with Gasteiger partial charge in [-0.2, -0.15) is 0 Å². The minimum Gasteiger partial charge on any atom is -0.497 e. The number of hydrogen-bond acceptors (Lipinski definition) is 3. The molecule has 24 heavy (non-hydrogen) atoms. The van der Waals surface area contributed by atoms with E-state index in [1.807, 2.05) is 12.1 Å². The van der Waals surface area contributed by atoms with Gasteiger partial charge in [0.15, 0.2) is 0 Å². The predicted octanol–water partition coefficient (Wildman–Crippen LogP) is 4.55. The predicted molar refractivity (Wildman–Crippen MR) is 100.0 cm³/mol. The summed E-state index contributed by atoms with van der Waals surface area (Å²) in [4.78, 5) is 0. The zero-order chi connectivity index (χ0) is 17.2. The molecule has 2 rings (SSSR count). The van der Waals surface area contributed by atoms with E-state index in [9.17, 15) is 0 Å². The van der Waals surface area contributed by atoms with Crippen LogP contribution in [-0.4, -0.2) is 20.3 Å². The number of benzene rings is 2. The molecule has 0 saturated heterocycles. The van der Waals surface area contributed by atoms with Gasteiger partial charge >= 0.3 is 0 Å². The van der Waals surface area contributed by atoms with Crippen molar-refractivity contribution in [1.82, 2.24) is 0 Å². The van der Waals surface area contributed by atoms with E-state index in [1.165, 1.54) is 24.0 Å². The van der Waals surface area contributed by atoms with Crippen LogP contribution in [0, 0.1) is 0 Å². The van der Waals surface area contributed by atoms with Gasteiger partial charge in [0.2, 0.25) is 0 Å². The number of ether oxygens (including phenoxy) is 2. The Kier molecular flexibility index (Phi) is 7.63. The fourth-order valence-electron chi connectivity index (χ4n) is 2.76. The van der Waals surface area contributed by atoms with Gasteiger partial charge in [-0.15, -0.1) is 0 Å². The molecular weight excluding hydrogens is 298 g/mol. The van der Waals surface area contributed by atoms with Crippen LogP contribution in [0.3, 0.4) is 0 Å². The highest BCUT2D eigenvalue weighted by atomic mass is 16.5. The number of unbranched alkanes of at least 4 members (excludes halogenated alkanes) is 2. The first kappa shape index (κ1) is 18.3. The summed E-state index contributed by atoms with van der Waals surface area (Å²) in [7, 11) is 1.68. The van der Waals surface area contributed by atoms with Gasteiger partial charge in [-0.05, 0) is 54.8 Å². The fourth-order valence-corrected chi connectivity index (χ4v) is 2.76. The molecule has 0 aliphatic carbocycles. The summed E-state index contributed by atoms with van der Waals surface area (Å²) in [5.41, 5.74) is 8.52. The van der Waals surface area contributed by atoms with Crippen molar-refractivity contribution in [3.05, 3.63) is 59.7 Å². The SMILES string of the molecule is CCCCCOc1ccc(CC(CN)c2ccc(OC)cc2)cc1. The van der Waals surface area contributed by atoms with E-state index in [0.717, 1.165) is 30.9 Å². The molecule has 0 radical (unpaired) electrons. The lowest BCUT2D eigenvalue weighted by molar-refractivity contribution is 0.306. The van der Waals surface area contributed by atoms with E-state index in [2.05, 4.69) is 43.3 Å². The normalized spacial score (nSPS) is 12.0. The van der Waals surface area contributed by atoms with Gasteiger partial charge in [0, 0.05) is 5.92 Å². The van der Waals surface area contributed by atoms with Crippen LogP contribution >= 0.6 is 0 Å². The molecule has 1 atom stereocenters. The molecule has 3 nitrogen and oxygen atoms in total. The van der Waals surface area contributed by atoms with Crippen molar-refractivity contribution in [2.45, 2.75) is 38.5 Å². The third-order valence-electron chi connectivity index (χ3n) is 4.29. The lowest BCUT2D eigenvalue weighted by Gasteiger charge is -2.16. The minimum absolute atomic E-state index is 0.312. The molecule has 0 bridgehead atoms. The van der Waals surface area contributed by atoms with E-state index in [1.54, 1.807) is 7.11 Å². The number of methoxy groups -OCH3 is 1. The average Bonchev–Trinajstić information content (AvgIpc) is 2.64. The molecule has 2 aromatic rings. The lowest BCUT2D eigenvalue weighted by atomic mass is 9.92. The second-order valence-electron chi connectivity index (χ2n) is 6.11. The third kappa shape index (κ3) is 5.57. The maximum Gasteiger partial charge on any atom is 0.119 e. The minimum atomic E-state index is 0.312. The van der Waals surface area contributed by atoms with Crippen LogP contribution in [-0.2, 0) is 6.42 Å². The first-order valence-electron chi connectivity index (χ1n) is 8.82. The van der Waals surface area contributed by atoms with Gasteiger partial charge in [0.25, 0.3) is 0 Å². The van der Waals surface area contributed by atoms with Gasteiger partial charge in [-0.1, -0.05) is 44.0 Å².